The van der Waals surface area contributed by atoms with E-state index in [2.05, 4.69) is 25.7 Å². The molecule has 0 radical (unpaired) electrons. The van der Waals surface area contributed by atoms with Gasteiger partial charge in [-0.3, -0.25) is 4.90 Å². The third-order valence-corrected chi connectivity index (χ3v) is 4.54. The number of nitrogens with zero attached hydrogens (tertiary/aromatic N) is 1. The van der Waals surface area contributed by atoms with Gasteiger partial charge in [0, 0.05) is 29.2 Å². The maximum atomic E-state index is 10.1. The Morgan fingerprint density at radius 1 is 1.25 bits per heavy atom. The lowest BCUT2D eigenvalue weighted by Gasteiger charge is -2.36. The molecule has 1 atom stereocenters. The van der Waals surface area contributed by atoms with Gasteiger partial charge in [-0.15, -0.1) is 0 Å². The fourth-order valence-corrected chi connectivity index (χ4v) is 3.50. The predicted octanol–water partition coefficient (Wildman–Crippen LogP) is 5.01. The van der Waals surface area contributed by atoms with Crippen LogP contribution in [0.4, 0.5) is 0 Å². The van der Waals surface area contributed by atoms with Gasteiger partial charge in [-0.25, -0.2) is 0 Å². The fourth-order valence-electron chi connectivity index (χ4n) is 3.32. The van der Waals surface area contributed by atoms with Gasteiger partial charge in [-0.05, 0) is 43.9 Å². The van der Waals surface area contributed by atoms with Crippen molar-refractivity contribution >= 4 is 11.6 Å². The van der Waals surface area contributed by atoms with Crippen LogP contribution in [0.5, 0.6) is 5.75 Å². The molecule has 2 rings (SSSR count). The van der Waals surface area contributed by atoms with Crippen molar-refractivity contribution in [1.29, 1.82) is 0 Å². The van der Waals surface area contributed by atoms with Gasteiger partial charge in [0.25, 0.3) is 0 Å². The SMILES string of the molecule is CC(C)CN(C1CCCC1)C(C)c1cc(Cl)ccc1O. The highest BCUT2D eigenvalue weighted by Crippen LogP contribution is 2.36. The van der Waals surface area contributed by atoms with Crippen molar-refractivity contribution in [3.05, 3.63) is 28.8 Å². The quantitative estimate of drug-likeness (QED) is 0.825. The third-order valence-electron chi connectivity index (χ3n) is 4.31. The topological polar surface area (TPSA) is 23.5 Å². The number of benzene rings is 1. The van der Waals surface area contributed by atoms with Gasteiger partial charge >= 0.3 is 0 Å². The van der Waals surface area contributed by atoms with Crippen LogP contribution in [0.2, 0.25) is 5.02 Å². The average Bonchev–Trinajstić information content (AvgIpc) is 2.91. The van der Waals surface area contributed by atoms with Crippen molar-refractivity contribution in [2.45, 2.75) is 58.5 Å². The van der Waals surface area contributed by atoms with Gasteiger partial charge in [-0.1, -0.05) is 38.3 Å². The fraction of sp³-hybridized carbons (Fsp3) is 0.647. The molecule has 1 saturated carbocycles. The Bertz CT molecular complexity index is 441. The number of phenolic OH excluding ortho intramolecular Hbond substituents is 1. The predicted molar refractivity (Wildman–Crippen MR) is 85.3 cm³/mol. The van der Waals surface area contributed by atoms with Gasteiger partial charge in [0.15, 0.2) is 0 Å². The molecular weight excluding hydrogens is 270 g/mol. The summed E-state index contributed by atoms with van der Waals surface area (Å²) in [4.78, 5) is 2.56. The zero-order chi connectivity index (χ0) is 14.7. The lowest BCUT2D eigenvalue weighted by Crippen LogP contribution is -2.38. The molecule has 0 amide bonds. The number of phenols is 1. The summed E-state index contributed by atoms with van der Waals surface area (Å²) in [5, 5.41) is 10.8. The maximum Gasteiger partial charge on any atom is 0.120 e. The Balaban J connectivity index is 2.24. The second kappa shape index (κ2) is 6.82. The zero-order valence-corrected chi connectivity index (χ0v) is 13.5. The highest BCUT2D eigenvalue weighted by Gasteiger charge is 2.28. The number of hydrogen-bond donors (Lipinski definition) is 1. The molecule has 112 valence electrons. The Morgan fingerprint density at radius 2 is 1.90 bits per heavy atom. The molecule has 1 fully saturated rings. The Hall–Kier alpha value is -0.730. The van der Waals surface area contributed by atoms with E-state index in [1.165, 1.54) is 25.7 Å². The van der Waals surface area contributed by atoms with Crippen LogP contribution in [0, 0.1) is 5.92 Å². The van der Waals surface area contributed by atoms with Gasteiger partial charge < -0.3 is 5.11 Å². The molecule has 3 heteroatoms. The smallest absolute Gasteiger partial charge is 0.120 e. The molecule has 0 saturated heterocycles. The minimum absolute atomic E-state index is 0.208. The lowest BCUT2D eigenvalue weighted by atomic mass is 10.0. The molecule has 2 nitrogen and oxygen atoms in total. The number of halogens is 1. The highest BCUT2D eigenvalue weighted by molar-refractivity contribution is 6.30. The molecular formula is C17H26ClNO. The van der Waals surface area contributed by atoms with E-state index in [0.29, 0.717) is 22.7 Å². The van der Waals surface area contributed by atoms with E-state index >= 15 is 0 Å². The van der Waals surface area contributed by atoms with Crippen molar-refractivity contribution in [3.63, 3.8) is 0 Å². The van der Waals surface area contributed by atoms with Gasteiger partial charge in [0.2, 0.25) is 0 Å². The van der Waals surface area contributed by atoms with Gasteiger partial charge in [0.05, 0.1) is 0 Å². The van der Waals surface area contributed by atoms with Crippen LogP contribution in [-0.4, -0.2) is 22.6 Å². The summed E-state index contributed by atoms with van der Waals surface area (Å²) in [6.07, 6.45) is 5.21. The van der Waals surface area contributed by atoms with Crippen molar-refractivity contribution in [2.24, 2.45) is 5.92 Å². The number of rotatable bonds is 5. The minimum atomic E-state index is 0.208. The lowest BCUT2D eigenvalue weighted by molar-refractivity contribution is 0.126. The molecule has 0 aromatic heterocycles. The molecule has 1 N–H and O–H groups in total. The molecule has 1 aliphatic rings. The Labute approximate surface area is 127 Å². The first-order valence-electron chi connectivity index (χ1n) is 7.73. The van der Waals surface area contributed by atoms with Crippen molar-refractivity contribution in [2.75, 3.05) is 6.54 Å². The molecule has 1 aromatic carbocycles. The zero-order valence-electron chi connectivity index (χ0n) is 12.8. The standard InChI is InChI=1S/C17H26ClNO/c1-12(2)11-19(15-6-4-5-7-15)13(3)16-10-14(18)8-9-17(16)20/h8-10,12-13,15,20H,4-7,11H2,1-3H3. The van der Waals surface area contributed by atoms with Crippen LogP contribution in [0.15, 0.2) is 18.2 Å². The summed E-state index contributed by atoms with van der Waals surface area (Å²) in [6, 6.07) is 6.21. The molecule has 0 spiro atoms. The summed E-state index contributed by atoms with van der Waals surface area (Å²) in [5.41, 5.74) is 0.949. The first-order valence-corrected chi connectivity index (χ1v) is 8.11. The van der Waals surface area contributed by atoms with Gasteiger partial charge in [0.1, 0.15) is 5.75 Å². The second-order valence-corrected chi connectivity index (χ2v) is 6.84. The molecule has 1 aromatic rings. The van der Waals surface area contributed by atoms with E-state index in [9.17, 15) is 5.11 Å². The summed E-state index contributed by atoms with van der Waals surface area (Å²) in [7, 11) is 0. The third kappa shape index (κ3) is 3.67. The van der Waals surface area contributed by atoms with Crippen LogP contribution in [0.1, 0.15) is 58.1 Å². The monoisotopic (exact) mass is 295 g/mol. The first kappa shape index (κ1) is 15.7. The summed E-state index contributed by atoms with van der Waals surface area (Å²) in [6.45, 7) is 7.77. The Morgan fingerprint density at radius 3 is 2.50 bits per heavy atom. The normalized spacial score (nSPS) is 18.1. The maximum absolute atomic E-state index is 10.1. The molecule has 1 unspecified atom stereocenters. The molecule has 0 heterocycles. The van der Waals surface area contributed by atoms with Crippen LogP contribution in [-0.2, 0) is 0 Å². The van der Waals surface area contributed by atoms with Crippen LogP contribution in [0.3, 0.4) is 0 Å². The van der Waals surface area contributed by atoms with Crippen LogP contribution >= 0.6 is 11.6 Å². The minimum Gasteiger partial charge on any atom is -0.508 e. The van der Waals surface area contributed by atoms with E-state index in [4.69, 9.17) is 11.6 Å². The second-order valence-electron chi connectivity index (χ2n) is 6.41. The van der Waals surface area contributed by atoms with E-state index in [1.807, 2.05) is 6.07 Å². The average molecular weight is 296 g/mol. The summed E-state index contributed by atoms with van der Waals surface area (Å²) < 4.78 is 0. The first-order chi connectivity index (χ1) is 9.49. The molecule has 1 aliphatic carbocycles. The van der Waals surface area contributed by atoms with E-state index in [0.717, 1.165) is 12.1 Å². The van der Waals surface area contributed by atoms with Crippen LogP contribution < -0.4 is 0 Å². The van der Waals surface area contributed by atoms with Crippen molar-refractivity contribution in [1.82, 2.24) is 4.90 Å². The van der Waals surface area contributed by atoms with Crippen molar-refractivity contribution in [3.8, 4) is 5.75 Å². The molecule has 0 bridgehead atoms. The highest BCUT2D eigenvalue weighted by atomic mass is 35.5. The molecule has 0 aliphatic heterocycles. The number of hydrogen-bond acceptors (Lipinski definition) is 2. The Kier molecular flexibility index (Phi) is 5.34. The molecule has 20 heavy (non-hydrogen) atoms. The van der Waals surface area contributed by atoms with Crippen LogP contribution in [0.25, 0.3) is 0 Å². The number of aromatic hydroxyl groups is 1. The van der Waals surface area contributed by atoms with Gasteiger partial charge in [-0.2, -0.15) is 0 Å². The van der Waals surface area contributed by atoms with Crippen molar-refractivity contribution < 1.29 is 5.11 Å². The van der Waals surface area contributed by atoms with E-state index in [1.54, 1.807) is 12.1 Å². The van der Waals surface area contributed by atoms with E-state index < -0.39 is 0 Å². The summed E-state index contributed by atoms with van der Waals surface area (Å²) >= 11 is 6.10. The van der Waals surface area contributed by atoms with E-state index in [-0.39, 0.29) is 6.04 Å². The largest absolute Gasteiger partial charge is 0.508 e. The summed E-state index contributed by atoms with van der Waals surface area (Å²) in [5.74, 6) is 0.980.